The fraction of sp³-hybridized carbons (Fsp3) is 0.516. The van der Waals surface area contributed by atoms with Crippen LogP contribution in [0.1, 0.15) is 84.9 Å². The van der Waals surface area contributed by atoms with Crippen LogP contribution in [-0.4, -0.2) is 29.4 Å². The van der Waals surface area contributed by atoms with Gasteiger partial charge in [-0.25, -0.2) is 0 Å². The standard InChI is InChI=1S/C31H44N2O4/c1-22(24-18-12-9-13-19-24)32-29(36)27(30(2,3)4)33-28(35)25(21-26(34)37-31(5,6)7)20-14-17-23-15-10-8-11-16-23/h8-13,15-16,18-19,22,25,27H,14,17,20-21H2,1-7H3,(H,32,36)(H,33,35)/t22-,25?,27+/m0/s1. The minimum absolute atomic E-state index is 0.0310. The van der Waals surface area contributed by atoms with E-state index in [1.807, 2.05) is 97.0 Å². The number of esters is 1. The molecule has 0 spiro atoms. The van der Waals surface area contributed by atoms with Gasteiger partial charge >= 0.3 is 5.97 Å². The summed E-state index contributed by atoms with van der Waals surface area (Å²) in [7, 11) is 0. The zero-order valence-corrected chi connectivity index (χ0v) is 23.5. The average molecular weight is 509 g/mol. The molecule has 0 aliphatic heterocycles. The lowest BCUT2D eigenvalue weighted by Gasteiger charge is -2.33. The molecule has 0 saturated heterocycles. The predicted octanol–water partition coefficient (Wildman–Crippen LogP) is 5.77. The van der Waals surface area contributed by atoms with Gasteiger partial charge in [0.2, 0.25) is 11.8 Å². The second-order valence-corrected chi connectivity index (χ2v) is 11.8. The Morgan fingerprint density at radius 3 is 1.92 bits per heavy atom. The van der Waals surface area contributed by atoms with Crippen LogP contribution in [0.4, 0.5) is 0 Å². The molecule has 2 N–H and O–H groups in total. The van der Waals surface area contributed by atoms with Gasteiger partial charge in [0, 0.05) is 5.92 Å². The first kappa shape index (κ1) is 30.1. The minimum Gasteiger partial charge on any atom is -0.460 e. The van der Waals surface area contributed by atoms with Gasteiger partial charge in [0.05, 0.1) is 12.5 Å². The van der Waals surface area contributed by atoms with Crippen molar-refractivity contribution in [1.29, 1.82) is 0 Å². The molecule has 202 valence electrons. The minimum atomic E-state index is -0.763. The van der Waals surface area contributed by atoms with Crippen LogP contribution >= 0.6 is 0 Å². The number of benzene rings is 2. The van der Waals surface area contributed by atoms with Gasteiger partial charge < -0.3 is 15.4 Å². The smallest absolute Gasteiger partial charge is 0.307 e. The molecule has 0 aliphatic rings. The molecule has 0 aromatic heterocycles. The van der Waals surface area contributed by atoms with E-state index in [1.54, 1.807) is 0 Å². The van der Waals surface area contributed by atoms with Crippen LogP contribution < -0.4 is 10.6 Å². The predicted molar refractivity (Wildman–Crippen MR) is 148 cm³/mol. The molecule has 0 heterocycles. The molecule has 1 unspecified atom stereocenters. The van der Waals surface area contributed by atoms with Gasteiger partial charge in [0.25, 0.3) is 0 Å². The highest BCUT2D eigenvalue weighted by molar-refractivity contribution is 5.90. The van der Waals surface area contributed by atoms with Crippen LogP contribution in [0.5, 0.6) is 0 Å². The third kappa shape index (κ3) is 10.8. The first-order chi connectivity index (χ1) is 17.3. The summed E-state index contributed by atoms with van der Waals surface area (Å²) in [6, 6.07) is 18.8. The van der Waals surface area contributed by atoms with Gasteiger partial charge in [-0.2, -0.15) is 0 Å². The summed E-state index contributed by atoms with van der Waals surface area (Å²) < 4.78 is 5.51. The van der Waals surface area contributed by atoms with E-state index >= 15 is 0 Å². The zero-order valence-electron chi connectivity index (χ0n) is 23.5. The average Bonchev–Trinajstić information content (AvgIpc) is 2.81. The summed E-state index contributed by atoms with van der Waals surface area (Å²) >= 11 is 0. The van der Waals surface area contributed by atoms with Crippen molar-refractivity contribution in [2.24, 2.45) is 11.3 Å². The van der Waals surface area contributed by atoms with E-state index in [0.29, 0.717) is 6.42 Å². The van der Waals surface area contributed by atoms with E-state index in [4.69, 9.17) is 4.74 Å². The second kappa shape index (κ2) is 13.4. The Morgan fingerprint density at radius 2 is 1.38 bits per heavy atom. The molecule has 2 aromatic carbocycles. The van der Waals surface area contributed by atoms with Gasteiger partial charge in [0.15, 0.2) is 0 Å². The normalized spacial score (nSPS) is 14.2. The molecule has 2 amide bonds. The molecule has 6 heteroatoms. The number of aryl methyl sites for hydroxylation is 1. The number of hydrogen-bond acceptors (Lipinski definition) is 4. The van der Waals surface area contributed by atoms with Crippen LogP contribution in [0.15, 0.2) is 60.7 Å². The molecule has 0 radical (unpaired) electrons. The fourth-order valence-electron chi connectivity index (χ4n) is 4.16. The van der Waals surface area contributed by atoms with E-state index in [9.17, 15) is 14.4 Å². The van der Waals surface area contributed by atoms with E-state index < -0.39 is 28.9 Å². The van der Waals surface area contributed by atoms with E-state index in [0.717, 1.165) is 18.4 Å². The molecule has 0 bridgehead atoms. The van der Waals surface area contributed by atoms with Gasteiger partial charge in [-0.3, -0.25) is 14.4 Å². The highest BCUT2D eigenvalue weighted by atomic mass is 16.6. The van der Waals surface area contributed by atoms with Gasteiger partial charge in [-0.05, 0) is 63.5 Å². The third-order valence-electron chi connectivity index (χ3n) is 6.14. The van der Waals surface area contributed by atoms with Crippen molar-refractivity contribution in [2.75, 3.05) is 0 Å². The topological polar surface area (TPSA) is 84.5 Å². The van der Waals surface area contributed by atoms with Crippen molar-refractivity contribution in [3.05, 3.63) is 71.8 Å². The first-order valence-electron chi connectivity index (χ1n) is 13.2. The molecule has 2 aromatic rings. The van der Waals surface area contributed by atoms with Crippen molar-refractivity contribution >= 4 is 17.8 Å². The zero-order chi connectivity index (χ0) is 27.6. The monoisotopic (exact) mass is 508 g/mol. The second-order valence-electron chi connectivity index (χ2n) is 11.8. The molecular weight excluding hydrogens is 464 g/mol. The highest BCUT2D eigenvalue weighted by Gasteiger charge is 2.36. The van der Waals surface area contributed by atoms with Gasteiger partial charge in [-0.15, -0.1) is 0 Å². The van der Waals surface area contributed by atoms with Crippen molar-refractivity contribution < 1.29 is 19.1 Å². The summed E-state index contributed by atoms with van der Waals surface area (Å²) in [5.41, 5.74) is 1.000. The lowest BCUT2D eigenvalue weighted by atomic mass is 9.85. The summed E-state index contributed by atoms with van der Waals surface area (Å²) in [6.07, 6.45) is 2.02. The maximum absolute atomic E-state index is 13.5. The van der Waals surface area contributed by atoms with Crippen molar-refractivity contribution in [2.45, 2.75) is 91.8 Å². The van der Waals surface area contributed by atoms with E-state index in [1.165, 1.54) is 5.56 Å². The van der Waals surface area contributed by atoms with Crippen LogP contribution in [0.2, 0.25) is 0 Å². The summed E-state index contributed by atoms with van der Waals surface area (Å²) in [5.74, 6) is -1.57. The summed E-state index contributed by atoms with van der Waals surface area (Å²) in [4.78, 5) is 39.5. The largest absolute Gasteiger partial charge is 0.460 e. The van der Waals surface area contributed by atoms with Crippen LogP contribution in [0.3, 0.4) is 0 Å². The van der Waals surface area contributed by atoms with Gasteiger partial charge in [-0.1, -0.05) is 81.4 Å². The van der Waals surface area contributed by atoms with E-state index in [-0.39, 0.29) is 24.3 Å². The Hall–Kier alpha value is -3.15. The Bertz CT molecular complexity index is 1010. The first-order valence-corrected chi connectivity index (χ1v) is 13.2. The fourth-order valence-corrected chi connectivity index (χ4v) is 4.16. The number of nitrogens with one attached hydrogen (secondary N) is 2. The SMILES string of the molecule is C[C@H](NC(=O)[C@@H](NC(=O)C(CCCc1ccccc1)CC(=O)OC(C)(C)C)C(C)(C)C)c1ccccc1. The Balaban J connectivity index is 2.14. The molecule has 37 heavy (non-hydrogen) atoms. The molecule has 0 aliphatic carbocycles. The highest BCUT2D eigenvalue weighted by Crippen LogP contribution is 2.24. The van der Waals surface area contributed by atoms with Gasteiger partial charge in [0.1, 0.15) is 11.6 Å². The maximum atomic E-state index is 13.5. The number of carbonyl (C=O) groups excluding carboxylic acids is 3. The molecule has 6 nitrogen and oxygen atoms in total. The molecule has 3 atom stereocenters. The van der Waals surface area contributed by atoms with Crippen LogP contribution in [0, 0.1) is 11.3 Å². The molecule has 2 rings (SSSR count). The summed E-state index contributed by atoms with van der Waals surface area (Å²) in [6.45, 7) is 13.1. The Morgan fingerprint density at radius 1 is 0.811 bits per heavy atom. The van der Waals surface area contributed by atoms with Crippen molar-refractivity contribution in [1.82, 2.24) is 10.6 Å². The Labute approximate surface area is 222 Å². The maximum Gasteiger partial charge on any atom is 0.307 e. The summed E-state index contributed by atoms with van der Waals surface area (Å²) in [5, 5.41) is 6.01. The molecular formula is C31H44N2O4. The Kier molecular flexibility index (Phi) is 10.9. The molecule has 0 fully saturated rings. The number of ether oxygens (including phenoxy) is 1. The van der Waals surface area contributed by atoms with Crippen LogP contribution in [0.25, 0.3) is 0 Å². The quantitative estimate of drug-likeness (QED) is 0.378. The lowest BCUT2D eigenvalue weighted by molar-refractivity contribution is -0.157. The number of rotatable bonds is 11. The van der Waals surface area contributed by atoms with Crippen LogP contribution in [-0.2, 0) is 25.5 Å². The number of amides is 2. The number of carbonyl (C=O) groups is 3. The lowest BCUT2D eigenvalue weighted by Crippen LogP contribution is -2.55. The number of hydrogen-bond donors (Lipinski definition) is 2. The van der Waals surface area contributed by atoms with Crippen molar-refractivity contribution in [3.63, 3.8) is 0 Å². The molecule has 0 saturated carbocycles. The van der Waals surface area contributed by atoms with E-state index in [2.05, 4.69) is 22.8 Å². The van der Waals surface area contributed by atoms with Crippen molar-refractivity contribution in [3.8, 4) is 0 Å². The third-order valence-corrected chi connectivity index (χ3v) is 6.14.